The van der Waals surface area contributed by atoms with Gasteiger partial charge in [0.15, 0.2) is 23.6 Å². The van der Waals surface area contributed by atoms with E-state index in [0.29, 0.717) is 134 Å². The molecule has 0 aromatic rings. The van der Waals surface area contributed by atoms with Gasteiger partial charge in [0.1, 0.15) is 26.4 Å². The number of carbonyl (C=O) groups is 2. The van der Waals surface area contributed by atoms with Crippen LogP contribution in [0.2, 0.25) is 0 Å². The van der Waals surface area contributed by atoms with Crippen LogP contribution in [0.5, 0.6) is 0 Å². The van der Waals surface area contributed by atoms with E-state index in [1.165, 1.54) is 0 Å². The molecule has 4 heterocycles. The van der Waals surface area contributed by atoms with Crippen LogP contribution in [0.3, 0.4) is 0 Å². The van der Waals surface area contributed by atoms with Crippen molar-refractivity contribution in [3.8, 4) is 0 Å². The monoisotopic (exact) mass is 532 g/mol. The number of hydrogen-bond acceptors (Lipinski definition) is 10. The number of aliphatic imine (C=N–C) groups is 4. The molecule has 0 spiro atoms. The van der Waals surface area contributed by atoms with E-state index in [2.05, 4.69) is 20.0 Å². The predicted octanol–water partition coefficient (Wildman–Crippen LogP) is 1.55. The maximum absolute atomic E-state index is 13.7. The molecule has 0 radical (unpaired) electrons. The summed E-state index contributed by atoms with van der Waals surface area (Å²) in [5.74, 6) is 1.72. The maximum Gasteiger partial charge on any atom is 0.224 e. The SMILES string of the molecule is NC(=O)CCC(CCC1=NCCO1)(CCC1=NCCO1)C(CCC1=NCCO1)(CCC1=NCCO1)C(N)=O. The molecule has 0 saturated heterocycles. The van der Waals surface area contributed by atoms with Gasteiger partial charge in [0, 0.05) is 32.1 Å². The number of amides is 2. The van der Waals surface area contributed by atoms with Crippen molar-refractivity contribution in [2.45, 2.75) is 64.2 Å². The number of rotatable bonds is 17. The molecule has 4 aliphatic rings. The van der Waals surface area contributed by atoms with Crippen LogP contribution in [-0.2, 0) is 28.5 Å². The quantitative estimate of drug-likeness (QED) is 0.287. The summed E-state index contributed by atoms with van der Waals surface area (Å²) in [4.78, 5) is 43.7. The van der Waals surface area contributed by atoms with E-state index in [1.54, 1.807) is 0 Å². The smallest absolute Gasteiger partial charge is 0.224 e. The fourth-order valence-corrected chi connectivity index (χ4v) is 6.07. The zero-order valence-corrected chi connectivity index (χ0v) is 22.1. The molecule has 38 heavy (non-hydrogen) atoms. The van der Waals surface area contributed by atoms with Crippen molar-refractivity contribution >= 4 is 35.4 Å². The first kappa shape index (κ1) is 27.8. The second kappa shape index (κ2) is 13.1. The van der Waals surface area contributed by atoms with Crippen molar-refractivity contribution in [1.82, 2.24) is 0 Å². The van der Waals surface area contributed by atoms with Crippen molar-refractivity contribution in [1.29, 1.82) is 0 Å². The second-order valence-electron chi connectivity index (χ2n) is 10.2. The minimum absolute atomic E-state index is 0.116. The van der Waals surface area contributed by atoms with Crippen molar-refractivity contribution in [2.24, 2.45) is 42.3 Å². The highest BCUT2D eigenvalue weighted by atomic mass is 16.5. The molecule has 12 heteroatoms. The van der Waals surface area contributed by atoms with Gasteiger partial charge in [-0.1, -0.05) is 0 Å². The summed E-state index contributed by atoms with van der Waals surface area (Å²) in [6, 6.07) is 0. The molecule has 0 unspecified atom stereocenters. The van der Waals surface area contributed by atoms with Gasteiger partial charge >= 0.3 is 0 Å². The number of nitrogens with two attached hydrogens (primary N) is 2. The second-order valence-corrected chi connectivity index (χ2v) is 10.2. The van der Waals surface area contributed by atoms with E-state index in [0.717, 1.165) is 0 Å². The zero-order chi connectivity index (χ0) is 26.8. The first-order valence-electron chi connectivity index (χ1n) is 13.7. The molecule has 0 aromatic heterocycles. The third-order valence-electron chi connectivity index (χ3n) is 8.10. The Balaban J connectivity index is 1.72. The zero-order valence-electron chi connectivity index (χ0n) is 22.1. The average molecular weight is 533 g/mol. The first-order chi connectivity index (χ1) is 18.4. The van der Waals surface area contributed by atoms with Crippen LogP contribution in [0.15, 0.2) is 20.0 Å². The molecule has 210 valence electrons. The van der Waals surface area contributed by atoms with Crippen LogP contribution in [0, 0.1) is 10.8 Å². The molecule has 12 nitrogen and oxygen atoms in total. The van der Waals surface area contributed by atoms with Gasteiger partial charge in [0.25, 0.3) is 0 Å². The van der Waals surface area contributed by atoms with Gasteiger partial charge in [-0.25, -0.2) is 0 Å². The number of hydrogen-bond donors (Lipinski definition) is 2. The summed E-state index contributed by atoms with van der Waals surface area (Å²) in [6.45, 7) is 4.59. The Morgan fingerprint density at radius 2 is 0.974 bits per heavy atom. The maximum atomic E-state index is 13.7. The lowest BCUT2D eigenvalue weighted by atomic mass is 9.53. The molecule has 0 fully saturated rings. The van der Waals surface area contributed by atoms with E-state index < -0.39 is 22.6 Å². The van der Waals surface area contributed by atoms with E-state index in [4.69, 9.17) is 30.4 Å². The van der Waals surface area contributed by atoms with Gasteiger partial charge in [-0.05, 0) is 37.5 Å². The Morgan fingerprint density at radius 1 is 0.605 bits per heavy atom. The summed E-state index contributed by atoms with van der Waals surface area (Å²) < 4.78 is 22.8. The lowest BCUT2D eigenvalue weighted by molar-refractivity contribution is -0.141. The van der Waals surface area contributed by atoms with Crippen molar-refractivity contribution in [3.05, 3.63) is 0 Å². The molecule has 4 N–H and O–H groups in total. The Kier molecular flexibility index (Phi) is 9.57. The summed E-state index contributed by atoms with van der Waals surface area (Å²) in [5, 5.41) is 0. The number of ether oxygens (including phenoxy) is 4. The van der Waals surface area contributed by atoms with Crippen LogP contribution >= 0.6 is 0 Å². The highest BCUT2D eigenvalue weighted by molar-refractivity contribution is 5.86. The lowest BCUT2D eigenvalue weighted by Crippen LogP contribution is -2.52. The molecule has 0 aromatic carbocycles. The molecule has 4 rings (SSSR count). The molecular formula is C26H40N6O6. The average Bonchev–Trinajstić information content (AvgIpc) is 3.72. The summed E-state index contributed by atoms with van der Waals surface area (Å²) in [5.41, 5.74) is 10.3. The normalized spacial score (nSPS) is 19.1. The van der Waals surface area contributed by atoms with E-state index in [1.807, 2.05) is 0 Å². The van der Waals surface area contributed by atoms with Crippen LogP contribution in [0.25, 0.3) is 0 Å². The summed E-state index contributed by atoms with van der Waals surface area (Å²) in [6.07, 6.45) is 4.36. The van der Waals surface area contributed by atoms with Crippen LogP contribution in [0.1, 0.15) is 64.2 Å². The Hall–Kier alpha value is -3.18. The van der Waals surface area contributed by atoms with Gasteiger partial charge < -0.3 is 30.4 Å². The minimum Gasteiger partial charge on any atom is -0.479 e. The molecule has 4 aliphatic heterocycles. The number of primary amides is 2. The third kappa shape index (κ3) is 6.82. The highest BCUT2D eigenvalue weighted by Crippen LogP contribution is 2.56. The van der Waals surface area contributed by atoms with Gasteiger partial charge in [0.05, 0.1) is 31.6 Å². The van der Waals surface area contributed by atoms with Gasteiger partial charge in [-0.2, -0.15) is 0 Å². The molecule has 0 bridgehead atoms. The van der Waals surface area contributed by atoms with Crippen molar-refractivity contribution in [2.75, 3.05) is 52.6 Å². The minimum atomic E-state index is -1.04. The van der Waals surface area contributed by atoms with Gasteiger partial charge in [0.2, 0.25) is 11.8 Å². The summed E-state index contributed by atoms with van der Waals surface area (Å²) >= 11 is 0. The molecule has 0 aliphatic carbocycles. The molecule has 2 amide bonds. The number of carbonyl (C=O) groups excluding carboxylic acids is 2. The van der Waals surface area contributed by atoms with E-state index in [-0.39, 0.29) is 6.42 Å². The molecule has 0 atom stereocenters. The number of nitrogens with zero attached hydrogens (tertiary/aromatic N) is 4. The highest BCUT2D eigenvalue weighted by Gasteiger charge is 2.54. The first-order valence-corrected chi connectivity index (χ1v) is 13.7. The standard InChI is InChI=1S/C26H40N6O6/c27-19(33)1-6-25(7-2-20-29-11-15-35-20,8-3-21-30-12-16-36-21)26(24(28)34,9-4-22-31-13-17-37-22)10-5-23-32-14-18-38-23/h1-18H2,(H2,27,33)(H2,28,34). The van der Waals surface area contributed by atoms with Gasteiger partial charge in [-0.3, -0.25) is 29.6 Å². The Morgan fingerprint density at radius 3 is 1.26 bits per heavy atom. The van der Waals surface area contributed by atoms with Gasteiger partial charge in [-0.15, -0.1) is 0 Å². The van der Waals surface area contributed by atoms with Crippen molar-refractivity contribution < 1.29 is 28.5 Å². The van der Waals surface area contributed by atoms with Crippen molar-refractivity contribution in [3.63, 3.8) is 0 Å². The Bertz CT molecular complexity index is 935. The van der Waals surface area contributed by atoms with Crippen LogP contribution < -0.4 is 11.5 Å². The molecule has 0 saturated carbocycles. The van der Waals surface area contributed by atoms with E-state index in [9.17, 15) is 9.59 Å². The lowest BCUT2D eigenvalue weighted by Gasteiger charge is -2.50. The largest absolute Gasteiger partial charge is 0.479 e. The fourth-order valence-electron chi connectivity index (χ4n) is 6.07. The topological polar surface area (TPSA) is 173 Å². The van der Waals surface area contributed by atoms with Crippen LogP contribution in [0.4, 0.5) is 0 Å². The fraction of sp³-hybridized carbons (Fsp3) is 0.769. The Labute approximate surface area is 223 Å². The summed E-state index contributed by atoms with van der Waals surface area (Å²) in [7, 11) is 0. The predicted molar refractivity (Wildman–Crippen MR) is 142 cm³/mol. The molecular weight excluding hydrogens is 492 g/mol. The van der Waals surface area contributed by atoms with E-state index >= 15 is 0 Å². The van der Waals surface area contributed by atoms with Crippen LogP contribution in [-0.4, -0.2) is 88.0 Å². The third-order valence-corrected chi connectivity index (χ3v) is 8.10.